The highest BCUT2D eigenvalue weighted by molar-refractivity contribution is 7.99. The average molecular weight is 475 g/mol. The van der Waals surface area contributed by atoms with Gasteiger partial charge in [0, 0.05) is 27.2 Å². The molecule has 2 heterocycles. The minimum absolute atomic E-state index is 0.182. The Kier molecular flexibility index (Phi) is 6.43. The number of nitrogen functional groups attached to an aromatic ring is 1. The standard InChI is InChI=1S/C18H17N7O7S/c1-22-8-20-21-17(22)33-12-5-4-9(6-10(12)25(30)31)16(28)32-7-11(26)13-14(19)23(2)18(29)24(3)15(13)27/h4-6,8H,7,19H2,1-3H3. The van der Waals surface area contributed by atoms with Crippen molar-refractivity contribution in [2.75, 3.05) is 12.3 Å². The molecular formula is C18H17N7O7S. The van der Waals surface area contributed by atoms with E-state index in [-0.39, 0.29) is 22.0 Å². The monoisotopic (exact) mass is 475 g/mol. The van der Waals surface area contributed by atoms with Crippen LogP contribution in [0.15, 0.2) is 44.2 Å². The second-order valence-corrected chi connectivity index (χ2v) is 7.74. The van der Waals surface area contributed by atoms with E-state index in [0.29, 0.717) is 9.72 Å². The fraction of sp³-hybridized carbons (Fsp3) is 0.222. The average Bonchev–Trinajstić information content (AvgIpc) is 3.19. The lowest BCUT2D eigenvalue weighted by atomic mass is 10.2. The summed E-state index contributed by atoms with van der Waals surface area (Å²) >= 11 is 0.981. The van der Waals surface area contributed by atoms with Crippen molar-refractivity contribution < 1.29 is 19.2 Å². The highest BCUT2D eigenvalue weighted by atomic mass is 32.2. The Bertz CT molecular complexity index is 1410. The molecule has 1 aromatic carbocycles. The second kappa shape index (κ2) is 9.07. The van der Waals surface area contributed by atoms with E-state index in [9.17, 15) is 29.3 Å². The maximum absolute atomic E-state index is 12.5. The number of aromatic nitrogens is 5. The number of aryl methyl sites for hydroxylation is 1. The molecular weight excluding hydrogens is 458 g/mol. The van der Waals surface area contributed by atoms with Gasteiger partial charge < -0.3 is 15.0 Å². The number of hydrogen-bond donors (Lipinski definition) is 1. The summed E-state index contributed by atoms with van der Waals surface area (Å²) in [5.41, 5.74) is 2.99. The minimum Gasteiger partial charge on any atom is -0.454 e. The number of nitro groups is 1. The Morgan fingerprint density at radius 3 is 2.52 bits per heavy atom. The predicted octanol–water partition coefficient (Wildman–Crippen LogP) is -0.106. The van der Waals surface area contributed by atoms with Crippen LogP contribution in [0.5, 0.6) is 0 Å². The van der Waals surface area contributed by atoms with Gasteiger partial charge >= 0.3 is 11.7 Å². The minimum atomic E-state index is -1.03. The van der Waals surface area contributed by atoms with Crippen LogP contribution in [0.3, 0.4) is 0 Å². The largest absolute Gasteiger partial charge is 0.454 e. The third kappa shape index (κ3) is 4.52. The summed E-state index contributed by atoms with van der Waals surface area (Å²) in [5.74, 6) is -2.33. The van der Waals surface area contributed by atoms with Crippen LogP contribution in [0.4, 0.5) is 11.5 Å². The number of anilines is 1. The number of nitrogens with two attached hydrogens (primary N) is 1. The zero-order chi connectivity index (χ0) is 24.4. The SMILES string of the molecule is Cn1cnnc1Sc1ccc(C(=O)OCC(=O)c2c(N)n(C)c(=O)n(C)c2=O)cc1[N+](=O)[O-]. The number of rotatable bonds is 7. The molecule has 33 heavy (non-hydrogen) atoms. The molecule has 0 saturated carbocycles. The first-order valence-electron chi connectivity index (χ1n) is 9.09. The van der Waals surface area contributed by atoms with Gasteiger partial charge in [0.25, 0.3) is 11.2 Å². The van der Waals surface area contributed by atoms with Gasteiger partial charge in [-0.3, -0.25) is 28.8 Å². The molecule has 14 nitrogen and oxygen atoms in total. The fourth-order valence-electron chi connectivity index (χ4n) is 2.75. The van der Waals surface area contributed by atoms with Crippen LogP contribution in [0, 0.1) is 10.1 Å². The van der Waals surface area contributed by atoms with Crippen LogP contribution in [-0.4, -0.2) is 47.2 Å². The van der Waals surface area contributed by atoms with E-state index in [4.69, 9.17) is 10.5 Å². The van der Waals surface area contributed by atoms with E-state index in [1.54, 1.807) is 11.6 Å². The van der Waals surface area contributed by atoms with Crippen LogP contribution >= 0.6 is 11.8 Å². The van der Waals surface area contributed by atoms with Crippen LogP contribution in [0.25, 0.3) is 0 Å². The highest BCUT2D eigenvalue weighted by Crippen LogP contribution is 2.34. The molecule has 15 heteroatoms. The Morgan fingerprint density at radius 2 is 1.91 bits per heavy atom. The number of carbonyl (C=O) groups is 2. The molecule has 0 aliphatic carbocycles. The van der Waals surface area contributed by atoms with Gasteiger partial charge in [-0.15, -0.1) is 10.2 Å². The van der Waals surface area contributed by atoms with Crippen molar-refractivity contribution in [3.8, 4) is 0 Å². The van der Waals surface area contributed by atoms with Crippen molar-refractivity contribution in [2.45, 2.75) is 10.1 Å². The first-order chi connectivity index (χ1) is 15.5. The molecule has 3 rings (SSSR count). The Labute approximate surface area is 188 Å². The second-order valence-electron chi connectivity index (χ2n) is 6.73. The van der Waals surface area contributed by atoms with E-state index >= 15 is 0 Å². The summed E-state index contributed by atoms with van der Waals surface area (Å²) in [6.07, 6.45) is 1.43. The summed E-state index contributed by atoms with van der Waals surface area (Å²) in [6, 6.07) is 3.64. The maximum atomic E-state index is 12.5. The zero-order valence-corrected chi connectivity index (χ0v) is 18.4. The van der Waals surface area contributed by atoms with Crippen molar-refractivity contribution in [1.82, 2.24) is 23.9 Å². The third-order valence-corrected chi connectivity index (χ3v) is 5.70. The van der Waals surface area contributed by atoms with Crippen molar-refractivity contribution in [1.29, 1.82) is 0 Å². The van der Waals surface area contributed by atoms with Crippen molar-refractivity contribution in [3.05, 3.63) is 66.6 Å². The van der Waals surface area contributed by atoms with E-state index < -0.39 is 40.1 Å². The Morgan fingerprint density at radius 1 is 1.21 bits per heavy atom. The number of nitrogens with zero attached hydrogens (tertiary/aromatic N) is 6. The lowest BCUT2D eigenvalue weighted by Gasteiger charge is -2.11. The van der Waals surface area contributed by atoms with E-state index in [1.165, 1.54) is 32.6 Å². The summed E-state index contributed by atoms with van der Waals surface area (Å²) in [6.45, 7) is -0.861. The van der Waals surface area contributed by atoms with Gasteiger partial charge in [0.05, 0.1) is 15.4 Å². The van der Waals surface area contributed by atoms with E-state index in [1.807, 2.05) is 0 Å². The lowest BCUT2D eigenvalue weighted by Crippen LogP contribution is -2.42. The smallest absolute Gasteiger partial charge is 0.338 e. The molecule has 0 amide bonds. The molecule has 3 aromatic rings. The predicted molar refractivity (Wildman–Crippen MR) is 114 cm³/mol. The normalized spacial score (nSPS) is 10.8. The van der Waals surface area contributed by atoms with Crippen LogP contribution in [0.1, 0.15) is 20.7 Å². The molecule has 0 aliphatic rings. The van der Waals surface area contributed by atoms with Crippen LogP contribution in [0.2, 0.25) is 0 Å². The molecule has 0 aliphatic heterocycles. The summed E-state index contributed by atoms with van der Waals surface area (Å²) in [5, 5.41) is 19.4. The Balaban J connectivity index is 1.81. The fourth-order valence-corrected chi connectivity index (χ4v) is 3.60. The van der Waals surface area contributed by atoms with Crippen molar-refractivity contribution in [3.63, 3.8) is 0 Å². The quantitative estimate of drug-likeness (QED) is 0.208. The van der Waals surface area contributed by atoms with Gasteiger partial charge in [-0.05, 0) is 23.9 Å². The van der Waals surface area contributed by atoms with Gasteiger partial charge in [0.1, 0.15) is 17.7 Å². The number of ketones is 1. The first-order valence-corrected chi connectivity index (χ1v) is 9.90. The molecule has 2 N–H and O–H groups in total. The molecule has 0 spiro atoms. The molecule has 0 fully saturated rings. The number of esters is 1. The topological polar surface area (TPSA) is 187 Å². The van der Waals surface area contributed by atoms with E-state index in [0.717, 1.165) is 22.4 Å². The number of hydrogen-bond acceptors (Lipinski definition) is 11. The molecule has 0 bridgehead atoms. The number of Topliss-reactive ketones (excluding diaryl/α,β-unsaturated/α-hetero) is 1. The number of benzene rings is 1. The van der Waals surface area contributed by atoms with Crippen LogP contribution < -0.4 is 17.0 Å². The van der Waals surface area contributed by atoms with Gasteiger partial charge in [0.15, 0.2) is 11.8 Å². The highest BCUT2D eigenvalue weighted by Gasteiger charge is 2.24. The summed E-state index contributed by atoms with van der Waals surface area (Å²) in [4.78, 5) is 60.0. The van der Waals surface area contributed by atoms with Gasteiger partial charge in [0.2, 0.25) is 5.78 Å². The molecule has 0 radical (unpaired) electrons. The van der Waals surface area contributed by atoms with Crippen molar-refractivity contribution >= 4 is 35.0 Å². The third-order valence-electron chi connectivity index (χ3n) is 4.59. The maximum Gasteiger partial charge on any atom is 0.338 e. The molecule has 2 aromatic heterocycles. The molecule has 172 valence electrons. The zero-order valence-electron chi connectivity index (χ0n) is 17.5. The van der Waals surface area contributed by atoms with E-state index in [2.05, 4.69) is 10.2 Å². The van der Waals surface area contributed by atoms with Gasteiger partial charge in [-0.2, -0.15) is 0 Å². The lowest BCUT2D eigenvalue weighted by molar-refractivity contribution is -0.387. The van der Waals surface area contributed by atoms with Gasteiger partial charge in [-0.1, -0.05) is 0 Å². The molecule has 0 unspecified atom stereocenters. The molecule has 0 saturated heterocycles. The van der Waals surface area contributed by atoms with Gasteiger partial charge in [-0.25, -0.2) is 9.59 Å². The summed E-state index contributed by atoms with van der Waals surface area (Å²) in [7, 11) is 4.12. The number of nitro benzene ring substituents is 1. The summed E-state index contributed by atoms with van der Waals surface area (Å²) < 4.78 is 8.10. The first kappa shape index (κ1) is 23.4. The number of ether oxygens (including phenoxy) is 1. The number of carbonyl (C=O) groups excluding carboxylic acids is 2. The molecule has 0 atom stereocenters. The van der Waals surface area contributed by atoms with Crippen molar-refractivity contribution in [2.24, 2.45) is 21.1 Å². The Hall–Kier alpha value is -4.27. The van der Waals surface area contributed by atoms with Crippen LogP contribution in [-0.2, 0) is 25.9 Å².